The Bertz CT molecular complexity index is 253. The lowest BCUT2D eigenvalue weighted by Crippen LogP contribution is -2.25. The maximum Gasteiger partial charge on any atom is 0.534 e. The van der Waals surface area contributed by atoms with Gasteiger partial charge in [0.05, 0.1) is 15.6 Å². The van der Waals surface area contributed by atoms with E-state index < -0.39 is 15.6 Å². The SMILES string of the molecule is C=C([SiH3])OS(=O)(=O)C(F)(F)F. The first-order chi connectivity index (χ1) is 4.67. The average Bonchev–Trinajstić information content (AvgIpc) is 1.56. The second-order valence-corrected chi connectivity index (χ2v) is 4.34. The van der Waals surface area contributed by atoms with Crippen molar-refractivity contribution in [1.82, 2.24) is 0 Å². The molecule has 0 aliphatic heterocycles. The van der Waals surface area contributed by atoms with Crippen LogP contribution < -0.4 is 0 Å². The molecule has 0 bridgehead atoms. The molecule has 0 radical (unpaired) electrons. The van der Waals surface area contributed by atoms with Gasteiger partial charge in [0.1, 0.15) is 0 Å². The Labute approximate surface area is 64.4 Å². The second kappa shape index (κ2) is 2.86. The molecular weight excluding hydrogens is 201 g/mol. The van der Waals surface area contributed by atoms with Crippen molar-refractivity contribution in [2.45, 2.75) is 5.51 Å². The van der Waals surface area contributed by atoms with E-state index in [2.05, 4.69) is 10.8 Å². The van der Waals surface area contributed by atoms with Crippen molar-refractivity contribution in [3.8, 4) is 0 Å². The molecule has 8 heteroatoms. The molecule has 11 heavy (non-hydrogen) atoms. The molecule has 66 valence electrons. The van der Waals surface area contributed by atoms with E-state index in [1.54, 1.807) is 0 Å². The van der Waals surface area contributed by atoms with Gasteiger partial charge in [0.2, 0.25) is 0 Å². The molecule has 0 aromatic heterocycles. The van der Waals surface area contributed by atoms with Crippen molar-refractivity contribution in [2.24, 2.45) is 0 Å². The van der Waals surface area contributed by atoms with E-state index in [4.69, 9.17) is 0 Å². The van der Waals surface area contributed by atoms with Crippen LogP contribution in [0.4, 0.5) is 13.2 Å². The molecule has 0 aromatic carbocycles. The summed E-state index contributed by atoms with van der Waals surface area (Å²) < 4.78 is 58.0. The lowest BCUT2D eigenvalue weighted by atomic mass is 11.2. The molecule has 0 saturated carbocycles. The van der Waals surface area contributed by atoms with Gasteiger partial charge in [-0.3, -0.25) is 0 Å². The Hall–Kier alpha value is -0.503. The van der Waals surface area contributed by atoms with Crippen molar-refractivity contribution in [2.75, 3.05) is 0 Å². The first-order valence-electron chi connectivity index (χ1n) is 2.33. The van der Waals surface area contributed by atoms with E-state index in [1.165, 1.54) is 0 Å². The van der Waals surface area contributed by atoms with Gasteiger partial charge in [-0.1, -0.05) is 6.58 Å². The standard InChI is InChI=1S/C3H5F3O3SSi/c1-2(11)9-10(7,8)3(4,5)6/h1H2,11H3. The van der Waals surface area contributed by atoms with Crippen LogP contribution in [0.2, 0.25) is 0 Å². The Kier molecular flexibility index (Phi) is 2.72. The fourth-order valence-corrected chi connectivity index (χ4v) is 1.36. The van der Waals surface area contributed by atoms with Gasteiger partial charge in [-0.2, -0.15) is 21.6 Å². The highest BCUT2D eigenvalue weighted by atomic mass is 32.2. The minimum Gasteiger partial charge on any atom is -0.388 e. The predicted octanol–water partition coefficient (Wildman–Crippen LogP) is -0.311. The normalized spacial score (nSPS) is 13.0. The Morgan fingerprint density at radius 1 is 1.45 bits per heavy atom. The van der Waals surface area contributed by atoms with Gasteiger partial charge in [0.15, 0.2) is 0 Å². The third-order valence-corrected chi connectivity index (χ3v) is 2.11. The summed E-state index contributed by atoms with van der Waals surface area (Å²) in [4.78, 5) is 0. The van der Waals surface area contributed by atoms with Crippen LogP contribution in [0.25, 0.3) is 0 Å². The minimum atomic E-state index is -5.46. The zero-order valence-electron chi connectivity index (χ0n) is 5.47. The lowest BCUT2D eigenvalue weighted by molar-refractivity contribution is -0.0517. The molecular formula is C3H5F3O3SSi. The summed E-state index contributed by atoms with van der Waals surface area (Å²) in [6.45, 7) is 2.91. The average molecular weight is 206 g/mol. The van der Waals surface area contributed by atoms with Crippen LogP contribution in [-0.4, -0.2) is 24.2 Å². The van der Waals surface area contributed by atoms with Crippen molar-refractivity contribution >= 4 is 20.4 Å². The fraction of sp³-hybridized carbons (Fsp3) is 0.333. The van der Waals surface area contributed by atoms with Gasteiger partial charge < -0.3 is 4.18 Å². The van der Waals surface area contributed by atoms with Crippen LogP contribution in [0.1, 0.15) is 0 Å². The van der Waals surface area contributed by atoms with Crippen molar-refractivity contribution in [3.63, 3.8) is 0 Å². The summed E-state index contributed by atoms with van der Waals surface area (Å²) in [5.74, 6) is 0. The largest absolute Gasteiger partial charge is 0.534 e. The molecule has 0 aromatic rings. The molecule has 0 aliphatic rings. The van der Waals surface area contributed by atoms with Crippen molar-refractivity contribution in [1.29, 1.82) is 0 Å². The second-order valence-electron chi connectivity index (χ2n) is 1.69. The van der Waals surface area contributed by atoms with Crippen molar-refractivity contribution < 1.29 is 25.8 Å². The van der Waals surface area contributed by atoms with Crippen molar-refractivity contribution in [3.05, 3.63) is 12.0 Å². The maximum absolute atomic E-state index is 11.5. The third-order valence-electron chi connectivity index (χ3n) is 0.535. The van der Waals surface area contributed by atoms with Crippen LogP contribution in [0.3, 0.4) is 0 Å². The molecule has 0 unspecified atom stereocenters. The Balaban J connectivity index is 4.64. The smallest absolute Gasteiger partial charge is 0.388 e. The first kappa shape index (κ1) is 10.5. The van der Waals surface area contributed by atoms with Crippen LogP contribution in [-0.2, 0) is 14.3 Å². The number of hydrogen-bond acceptors (Lipinski definition) is 3. The highest BCUT2D eigenvalue weighted by molar-refractivity contribution is 7.87. The molecule has 0 heterocycles. The summed E-state index contributed by atoms with van der Waals surface area (Å²) in [6, 6.07) is 0. The highest BCUT2D eigenvalue weighted by Gasteiger charge is 2.48. The summed E-state index contributed by atoms with van der Waals surface area (Å²) in [6.07, 6.45) is 0. The highest BCUT2D eigenvalue weighted by Crippen LogP contribution is 2.25. The molecule has 0 amide bonds. The topological polar surface area (TPSA) is 43.4 Å². The monoisotopic (exact) mass is 206 g/mol. The van der Waals surface area contributed by atoms with Crippen LogP contribution in [0.5, 0.6) is 0 Å². The van der Waals surface area contributed by atoms with E-state index in [-0.39, 0.29) is 15.6 Å². The van der Waals surface area contributed by atoms with Crippen LogP contribution in [0, 0.1) is 0 Å². The minimum absolute atomic E-state index is 0.0377. The summed E-state index contributed by atoms with van der Waals surface area (Å²) >= 11 is 0. The van der Waals surface area contributed by atoms with E-state index in [9.17, 15) is 21.6 Å². The number of alkyl halides is 3. The zero-order valence-corrected chi connectivity index (χ0v) is 8.29. The summed E-state index contributed by atoms with van der Waals surface area (Å²) in [5, 5.41) is -0.387. The molecule has 3 nitrogen and oxygen atoms in total. The van der Waals surface area contributed by atoms with Gasteiger partial charge >= 0.3 is 15.6 Å². The summed E-state index contributed by atoms with van der Waals surface area (Å²) in [7, 11) is -5.42. The number of rotatable bonds is 2. The third kappa shape index (κ3) is 2.93. The molecule has 0 rings (SSSR count). The van der Waals surface area contributed by atoms with Gasteiger partial charge in [-0.15, -0.1) is 0 Å². The van der Waals surface area contributed by atoms with Gasteiger partial charge in [0, 0.05) is 0 Å². The number of halogens is 3. The maximum atomic E-state index is 11.5. The van der Waals surface area contributed by atoms with E-state index in [1.807, 2.05) is 0 Å². The van der Waals surface area contributed by atoms with E-state index in [0.29, 0.717) is 0 Å². The molecule has 0 spiro atoms. The Morgan fingerprint density at radius 3 is 1.91 bits per heavy atom. The van der Waals surface area contributed by atoms with Crippen LogP contribution >= 0.6 is 0 Å². The van der Waals surface area contributed by atoms with Gasteiger partial charge in [-0.05, 0) is 0 Å². The molecule has 0 aliphatic carbocycles. The quantitative estimate of drug-likeness (QED) is 0.269. The van der Waals surface area contributed by atoms with E-state index in [0.717, 1.165) is 0 Å². The van der Waals surface area contributed by atoms with E-state index >= 15 is 0 Å². The zero-order chi connectivity index (χ0) is 9.28. The molecule has 0 saturated heterocycles. The van der Waals surface area contributed by atoms with Gasteiger partial charge in [-0.25, -0.2) is 0 Å². The summed E-state index contributed by atoms with van der Waals surface area (Å²) in [5.41, 5.74) is -5.36. The van der Waals surface area contributed by atoms with Gasteiger partial charge in [0.25, 0.3) is 0 Å². The lowest BCUT2D eigenvalue weighted by Gasteiger charge is -2.07. The molecule has 0 atom stereocenters. The fourth-order valence-electron chi connectivity index (χ4n) is 0.235. The molecule has 0 fully saturated rings. The Morgan fingerprint density at radius 2 is 1.82 bits per heavy atom. The van der Waals surface area contributed by atoms with Crippen LogP contribution in [0.15, 0.2) is 12.0 Å². The molecule has 0 N–H and O–H groups in total. The predicted molar refractivity (Wildman–Crippen MR) is 35.1 cm³/mol. The number of hydrogen-bond donors (Lipinski definition) is 0. The first-order valence-corrected chi connectivity index (χ1v) is 4.74.